The first-order valence-corrected chi connectivity index (χ1v) is 9.66. The van der Waals surface area contributed by atoms with Crippen LogP contribution < -0.4 is 4.74 Å². The normalized spacial score (nSPS) is 11.2. The minimum absolute atomic E-state index is 0.0699. The molecular formula is C25H19ClO3. The molecule has 3 aromatic carbocycles. The molecule has 0 saturated heterocycles. The Morgan fingerprint density at radius 3 is 2.69 bits per heavy atom. The van der Waals surface area contributed by atoms with E-state index >= 15 is 0 Å². The van der Waals surface area contributed by atoms with Gasteiger partial charge in [0.15, 0.2) is 5.78 Å². The number of hydrogen-bond acceptors (Lipinski definition) is 3. The molecule has 0 N–H and O–H groups in total. The molecule has 0 bridgehead atoms. The number of allylic oxidation sites excluding steroid dienone is 1. The molecule has 1 aromatic heterocycles. The van der Waals surface area contributed by atoms with Gasteiger partial charge in [-0.05, 0) is 60.2 Å². The van der Waals surface area contributed by atoms with Crippen LogP contribution in [-0.2, 0) is 6.61 Å². The molecule has 0 aliphatic heterocycles. The molecule has 0 unspecified atom stereocenters. The van der Waals surface area contributed by atoms with Gasteiger partial charge in [0.25, 0.3) is 0 Å². The topological polar surface area (TPSA) is 39.4 Å². The van der Waals surface area contributed by atoms with Crippen LogP contribution in [0.2, 0.25) is 5.02 Å². The molecule has 0 radical (unpaired) electrons. The van der Waals surface area contributed by atoms with Crippen molar-refractivity contribution in [1.82, 2.24) is 0 Å². The lowest BCUT2D eigenvalue weighted by Crippen LogP contribution is -1.95. The quantitative estimate of drug-likeness (QED) is 0.261. The van der Waals surface area contributed by atoms with Crippen LogP contribution in [0, 0.1) is 6.92 Å². The fourth-order valence-electron chi connectivity index (χ4n) is 3.05. The number of halogens is 1. The Morgan fingerprint density at radius 1 is 1.00 bits per heavy atom. The van der Waals surface area contributed by atoms with Crippen molar-refractivity contribution >= 4 is 34.2 Å². The third-order valence-corrected chi connectivity index (χ3v) is 5.11. The van der Waals surface area contributed by atoms with Gasteiger partial charge in [-0.15, -0.1) is 0 Å². The lowest BCUT2D eigenvalue weighted by Gasteiger charge is -2.08. The predicted octanol–water partition coefficient (Wildman–Crippen LogP) is 6.87. The molecule has 0 fully saturated rings. The summed E-state index contributed by atoms with van der Waals surface area (Å²) in [6.07, 6.45) is 3.19. The summed E-state index contributed by atoms with van der Waals surface area (Å²) in [7, 11) is 0. The molecule has 144 valence electrons. The number of furan rings is 1. The monoisotopic (exact) mass is 402 g/mol. The molecular weight excluding hydrogens is 384 g/mol. The molecule has 4 rings (SSSR count). The molecule has 29 heavy (non-hydrogen) atoms. The van der Waals surface area contributed by atoms with E-state index in [1.807, 2.05) is 79.7 Å². The Morgan fingerprint density at radius 2 is 1.83 bits per heavy atom. The highest BCUT2D eigenvalue weighted by Gasteiger charge is 2.07. The summed E-state index contributed by atoms with van der Waals surface area (Å²) < 4.78 is 11.5. The SMILES string of the molecule is Cc1c(Cl)cccc1OCc1ccc(/C=C/C(=O)c2ccc3ccccc3c2)o1. The van der Waals surface area contributed by atoms with Crippen LogP contribution in [0.25, 0.3) is 16.8 Å². The molecule has 0 amide bonds. The molecule has 0 spiro atoms. The highest BCUT2D eigenvalue weighted by atomic mass is 35.5. The highest BCUT2D eigenvalue weighted by molar-refractivity contribution is 6.31. The summed E-state index contributed by atoms with van der Waals surface area (Å²) in [4.78, 5) is 12.5. The molecule has 4 aromatic rings. The van der Waals surface area contributed by atoms with Crippen molar-refractivity contribution in [2.45, 2.75) is 13.5 Å². The van der Waals surface area contributed by atoms with E-state index in [1.54, 1.807) is 6.08 Å². The van der Waals surface area contributed by atoms with Gasteiger partial charge in [-0.1, -0.05) is 54.1 Å². The van der Waals surface area contributed by atoms with E-state index in [0.29, 0.717) is 22.1 Å². The average molecular weight is 403 g/mol. The molecule has 1 heterocycles. The standard InChI is InChI=1S/C25H19ClO3/c1-17-23(26)7-4-8-25(17)28-16-22-12-11-21(29-22)13-14-24(27)20-10-9-18-5-2-3-6-19(18)15-20/h2-15H,16H2,1H3/b14-13+. The van der Waals surface area contributed by atoms with E-state index in [9.17, 15) is 4.79 Å². The average Bonchev–Trinajstić information content (AvgIpc) is 3.20. The van der Waals surface area contributed by atoms with Crippen molar-refractivity contribution in [3.63, 3.8) is 0 Å². The highest BCUT2D eigenvalue weighted by Crippen LogP contribution is 2.26. The lowest BCUT2D eigenvalue weighted by molar-refractivity contribution is 0.104. The van der Waals surface area contributed by atoms with Crippen molar-refractivity contribution < 1.29 is 13.9 Å². The first-order chi connectivity index (χ1) is 14.1. The van der Waals surface area contributed by atoms with E-state index in [0.717, 1.165) is 22.1 Å². The van der Waals surface area contributed by atoms with Crippen LogP contribution in [-0.4, -0.2) is 5.78 Å². The summed E-state index contributed by atoms with van der Waals surface area (Å²) in [5.74, 6) is 1.92. The Balaban J connectivity index is 1.41. The molecule has 4 heteroatoms. The zero-order valence-corrected chi connectivity index (χ0v) is 16.6. The number of carbonyl (C=O) groups is 1. The van der Waals surface area contributed by atoms with Crippen LogP contribution in [0.5, 0.6) is 5.75 Å². The van der Waals surface area contributed by atoms with Crippen molar-refractivity contribution in [3.05, 3.63) is 107 Å². The second-order valence-corrected chi connectivity index (χ2v) is 7.12. The van der Waals surface area contributed by atoms with Crippen molar-refractivity contribution in [1.29, 1.82) is 0 Å². The maximum absolute atomic E-state index is 12.5. The van der Waals surface area contributed by atoms with Crippen LogP contribution in [0.3, 0.4) is 0 Å². The van der Waals surface area contributed by atoms with Gasteiger partial charge in [-0.3, -0.25) is 4.79 Å². The van der Waals surface area contributed by atoms with Crippen LogP contribution in [0.1, 0.15) is 27.4 Å². The summed E-state index contributed by atoms with van der Waals surface area (Å²) >= 11 is 6.11. The van der Waals surface area contributed by atoms with Crippen LogP contribution >= 0.6 is 11.6 Å². The zero-order valence-electron chi connectivity index (χ0n) is 15.9. The van der Waals surface area contributed by atoms with E-state index in [4.69, 9.17) is 20.8 Å². The van der Waals surface area contributed by atoms with E-state index < -0.39 is 0 Å². The smallest absolute Gasteiger partial charge is 0.185 e. The summed E-state index contributed by atoms with van der Waals surface area (Å²) in [6.45, 7) is 2.19. The Kier molecular flexibility index (Phi) is 5.50. The third-order valence-electron chi connectivity index (χ3n) is 4.70. The number of carbonyl (C=O) groups excluding carboxylic acids is 1. The van der Waals surface area contributed by atoms with Gasteiger partial charge in [0.2, 0.25) is 0 Å². The van der Waals surface area contributed by atoms with E-state index in [2.05, 4.69) is 0 Å². The Labute approximate surface area is 174 Å². The van der Waals surface area contributed by atoms with Gasteiger partial charge < -0.3 is 9.15 Å². The van der Waals surface area contributed by atoms with Gasteiger partial charge in [0.1, 0.15) is 23.9 Å². The largest absolute Gasteiger partial charge is 0.485 e. The zero-order chi connectivity index (χ0) is 20.2. The Hall–Kier alpha value is -3.30. The summed E-state index contributed by atoms with van der Waals surface area (Å²) in [6, 6.07) is 22.8. The lowest BCUT2D eigenvalue weighted by atomic mass is 10.0. The number of benzene rings is 3. The van der Waals surface area contributed by atoms with E-state index in [-0.39, 0.29) is 12.4 Å². The summed E-state index contributed by atoms with van der Waals surface area (Å²) in [5.41, 5.74) is 1.54. The minimum Gasteiger partial charge on any atom is -0.485 e. The fourth-order valence-corrected chi connectivity index (χ4v) is 3.22. The molecule has 0 saturated carbocycles. The van der Waals surface area contributed by atoms with Gasteiger partial charge >= 0.3 is 0 Å². The molecule has 0 atom stereocenters. The first kappa shape index (κ1) is 19.0. The van der Waals surface area contributed by atoms with Gasteiger partial charge in [0, 0.05) is 16.1 Å². The maximum Gasteiger partial charge on any atom is 0.185 e. The van der Waals surface area contributed by atoms with Crippen LogP contribution in [0.4, 0.5) is 0 Å². The second-order valence-electron chi connectivity index (χ2n) is 6.72. The maximum atomic E-state index is 12.5. The van der Waals surface area contributed by atoms with E-state index in [1.165, 1.54) is 6.08 Å². The van der Waals surface area contributed by atoms with Gasteiger partial charge in [-0.2, -0.15) is 0 Å². The third kappa shape index (κ3) is 4.41. The Bertz CT molecular complexity index is 1200. The number of rotatable bonds is 6. The second kappa shape index (κ2) is 8.38. The van der Waals surface area contributed by atoms with Crippen LogP contribution in [0.15, 0.2) is 83.3 Å². The van der Waals surface area contributed by atoms with Crippen molar-refractivity contribution in [2.75, 3.05) is 0 Å². The number of ether oxygens (including phenoxy) is 1. The minimum atomic E-state index is -0.0699. The molecule has 3 nitrogen and oxygen atoms in total. The number of ketones is 1. The predicted molar refractivity (Wildman–Crippen MR) is 117 cm³/mol. The number of hydrogen-bond donors (Lipinski definition) is 0. The van der Waals surface area contributed by atoms with Crippen molar-refractivity contribution in [2.24, 2.45) is 0 Å². The van der Waals surface area contributed by atoms with Gasteiger partial charge in [-0.25, -0.2) is 0 Å². The molecule has 0 aliphatic rings. The van der Waals surface area contributed by atoms with Gasteiger partial charge in [0.05, 0.1) is 0 Å². The first-order valence-electron chi connectivity index (χ1n) is 9.28. The number of fused-ring (bicyclic) bond motifs is 1. The van der Waals surface area contributed by atoms with Crippen molar-refractivity contribution in [3.8, 4) is 5.75 Å². The molecule has 0 aliphatic carbocycles. The summed E-state index contributed by atoms with van der Waals surface area (Å²) in [5, 5.41) is 2.82. The fraction of sp³-hybridized carbons (Fsp3) is 0.0800.